The summed E-state index contributed by atoms with van der Waals surface area (Å²) in [5, 5.41) is 3.58. The van der Waals surface area contributed by atoms with Gasteiger partial charge in [0.15, 0.2) is 0 Å². The van der Waals surface area contributed by atoms with Crippen molar-refractivity contribution < 1.29 is 9.53 Å². The van der Waals surface area contributed by atoms with E-state index >= 15 is 0 Å². The molecular weight excluding hydrogens is 240 g/mol. The molecule has 0 aromatic rings. The fourth-order valence-corrected chi connectivity index (χ4v) is 3.55. The number of esters is 1. The van der Waals surface area contributed by atoms with E-state index in [1.807, 2.05) is 0 Å². The van der Waals surface area contributed by atoms with E-state index in [-0.39, 0.29) is 12.0 Å². The summed E-state index contributed by atoms with van der Waals surface area (Å²) < 4.78 is 4.94. The smallest absolute Gasteiger partial charge is 0.322 e. The predicted octanol–water partition coefficient (Wildman–Crippen LogP) is 1.79. The minimum absolute atomic E-state index is 0.108. The second-order valence-electron chi connectivity index (χ2n) is 6.37. The molecule has 2 rings (SSSR count). The lowest BCUT2D eigenvalue weighted by atomic mass is 9.96. The highest BCUT2D eigenvalue weighted by molar-refractivity contribution is 5.75. The summed E-state index contributed by atoms with van der Waals surface area (Å²) in [5.41, 5.74) is 0. The topological polar surface area (TPSA) is 41.6 Å². The normalized spacial score (nSPS) is 29.3. The average Bonchev–Trinajstić information content (AvgIpc) is 2.80. The Morgan fingerprint density at radius 2 is 2.11 bits per heavy atom. The van der Waals surface area contributed by atoms with Gasteiger partial charge in [0.1, 0.15) is 6.04 Å². The summed E-state index contributed by atoms with van der Waals surface area (Å²) in [6.45, 7) is 6.71. The fraction of sp³-hybridized carbons (Fsp3) is 0.933. The van der Waals surface area contributed by atoms with Gasteiger partial charge in [-0.1, -0.05) is 20.3 Å². The number of rotatable bonds is 5. The third-order valence-electron chi connectivity index (χ3n) is 4.46. The summed E-state index contributed by atoms with van der Waals surface area (Å²) in [5.74, 6) is 0.392. The second kappa shape index (κ2) is 6.71. The van der Waals surface area contributed by atoms with Gasteiger partial charge in [-0.2, -0.15) is 0 Å². The van der Waals surface area contributed by atoms with Crippen LogP contribution in [0.25, 0.3) is 0 Å². The van der Waals surface area contributed by atoms with Crippen molar-refractivity contribution in [1.82, 2.24) is 10.2 Å². The zero-order valence-electron chi connectivity index (χ0n) is 12.5. The minimum Gasteiger partial charge on any atom is -0.468 e. The lowest BCUT2D eigenvalue weighted by molar-refractivity contribution is -0.143. The number of carbonyl (C=O) groups is 1. The minimum atomic E-state index is -0.142. The Hall–Kier alpha value is -0.610. The molecule has 4 nitrogen and oxygen atoms in total. The lowest BCUT2D eigenvalue weighted by Gasteiger charge is -2.34. The molecule has 0 aromatic carbocycles. The van der Waals surface area contributed by atoms with E-state index in [0.29, 0.717) is 18.0 Å². The molecule has 1 N–H and O–H groups in total. The molecule has 2 aliphatic heterocycles. The van der Waals surface area contributed by atoms with E-state index < -0.39 is 0 Å². The van der Waals surface area contributed by atoms with Crippen molar-refractivity contribution in [1.29, 1.82) is 0 Å². The Balaban J connectivity index is 1.94. The standard InChI is InChI=1S/C15H28N2O2/c1-11(2)10-13(15(18)19-3)16-12-7-9-17-8-5-4-6-14(12)17/h11-14,16H,4-10H2,1-3H3. The van der Waals surface area contributed by atoms with Crippen LogP contribution in [-0.2, 0) is 9.53 Å². The SMILES string of the molecule is COC(=O)C(CC(C)C)NC1CCN2CCCCC12. The first-order valence-electron chi connectivity index (χ1n) is 7.69. The first-order chi connectivity index (χ1) is 9.11. The Bertz CT molecular complexity index is 307. The summed E-state index contributed by atoms with van der Waals surface area (Å²) in [6, 6.07) is 0.952. The van der Waals surface area contributed by atoms with Gasteiger partial charge in [0, 0.05) is 18.6 Å². The van der Waals surface area contributed by atoms with Gasteiger partial charge < -0.3 is 4.74 Å². The molecule has 2 aliphatic rings. The van der Waals surface area contributed by atoms with E-state index in [0.717, 1.165) is 12.8 Å². The molecule has 0 amide bonds. The number of fused-ring (bicyclic) bond motifs is 1. The maximum absolute atomic E-state index is 11.9. The van der Waals surface area contributed by atoms with Crippen LogP contribution in [0.1, 0.15) is 46.0 Å². The van der Waals surface area contributed by atoms with Crippen LogP contribution in [0.15, 0.2) is 0 Å². The zero-order chi connectivity index (χ0) is 13.8. The van der Waals surface area contributed by atoms with Gasteiger partial charge in [-0.3, -0.25) is 15.0 Å². The molecule has 0 spiro atoms. The van der Waals surface area contributed by atoms with E-state index in [1.54, 1.807) is 0 Å². The zero-order valence-corrected chi connectivity index (χ0v) is 12.5. The van der Waals surface area contributed by atoms with Crippen LogP contribution in [0.2, 0.25) is 0 Å². The Morgan fingerprint density at radius 3 is 2.79 bits per heavy atom. The van der Waals surface area contributed by atoms with Crippen molar-refractivity contribution in [3.05, 3.63) is 0 Å². The molecule has 2 saturated heterocycles. The number of hydrogen-bond acceptors (Lipinski definition) is 4. The van der Waals surface area contributed by atoms with Gasteiger partial charge in [-0.15, -0.1) is 0 Å². The van der Waals surface area contributed by atoms with Crippen LogP contribution in [0.5, 0.6) is 0 Å². The highest BCUT2D eigenvalue weighted by atomic mass is 16.5. The van der Waals surface area contributed by atoms with E-state index in [4.69, 9.17) is 4.74 Å². The van der Waals surface area contributed by atoms with E-state index in [1.165, 1.54) is 39.5 Å². The number of carbonyl (C=O) groups excluding carboxylic acids is 1. The predicted molar refractivity (Wildman–Crippen MR) is 76.0 cm³/mol. The summed E-state index contributed by atoms with van der Waals surface area (Å²) in [7, 11) is 1.49. The molecule has 0 aliphatic carbocycles. The molecular formula is C15H28N2O2. The number of methoxy groups -OCH3 is 1. The molecule has 0 radical (unpaired) electrons. The molecule has 0 aromatic heterocycles. The quantitative estimate of drug-likeness (QED) is 0.772. The number of hydrogen-bond donors (Lipinski definition) is 1. The maximum Gasteiger partial charge on any atom is 0.322 e. The number of nitrogens with zero attached hydrogens (tertiary/aromatic N) is 1. The Kier molecular flexibility index (Phi) is 5.22. The van der Waals surface area contributed by atoms with Crippen LogP contribution in [-0.4, -0.2) is 49.2 Å². The molecule has 2 heterocycles. The largest absolute Gasteiger partial charge is 0.468 e. The molecule has 4 heteroatoms. The number of ether oxygens (including phenoxy) is 1. The monoisotopic (exact) mass is 268 g/mol. The van der Waals surface area contributed by atoms with Crippen LogP contribution >= 0.6 is 0 Å². The molecule has 0 bridgehead atoms. The van der Waals surface area contributed by atoms with Crippen molar-refractivity contribution in [2.24, 2.45) is 5.92 Å². The van der Waals surface area contributed by atoms with Gasteiger partial charge in [0.05, 0.1) is 7.11 Å². The highest BCUT2D eigenvalue weighted by Crippen LogP contribution is 2.27. The third kappa shape index (κ3) is 3.69. The lowest BCUT2D eigenvalue weighted by Crippen LogP contribution is -2.51. The van der Waals surface area contributed by atoms with Crippen LogP contribution in [0.3, 0.4) is 0 Å². The molecule has 0 saturated carbocycles. The van der Waals surface area contributed by atoms with E-state index in [9.17, 15) is 4.79 Å². The van der Waals surface area contributed by atoms with E-state index in [2.05, 4.69) is 24.1 Å². The third-order valence-corrected chi connectivity index (χ3v) is 4.46. The maximum atomic E-state index is 11.9. The first kappa shape index (κ1) is 14.8. The summed E-state index contributed by atoms with van der Waals surface area (Å²) in [6.07, 6.45) is 5.95. The second-order valence-corrected chi connectivity index (χ2v) is 6.37. The number of piperidine rings is 1. The highest BCUT2D eigenvalue weighted by Gasteiger charge is 2.37. The van der Waals surface area contributed by atoms with Crippen LogP contribution in [0, 0.1) is 5.92 Å². The van der Waals surface area contributed by atoms with Crippen molar-refractivity contribution >= 4 is 5.97 Å². The van der Waals surface area contributed by atoms with Crippen molar-refractivity contribution in [3.8, 4) is 0 Å². The van der Waals surface area contributed by atoms with Gasteiger partial charge in [0.2, 0.25) is 0 Å². The van der Waals surface area contributed by atoms with Crippen LogP contribution < -0.4 is 5.32 Å². The van der Waals surface area contributed by atoms with Gasteiger partial charge in [0.25, 0.3) is 0 Å². The van der Waals surface area contributed by atoms with Gasteiger partial charge >= 0.3 is 5.97 Å². The van der Waals surface area contributed by atoms with Crippen molar-refractivity contribution in [3.63, 3.8) is 0 Å². The molecule has 3 unspecified atom stereocenters. The van der Waals surface area contributed by atoms with Gasteiger partial charge in [-0.05, 0) is 38.1 Å². The average molecular weight is 268 g/mol. The number of nitrogens with one attached hydrogen (secondary N) is 1. The molecule has 110 valence electrons. The van der Waals surface area contributed by atoms with Crippen molar-refractivity contribution in [2.75, 3.05) is 20.2 Å². The fourth-order valence-electron chi connectivity index (χ4n) is 3.55. The van der Waals surface area contributed by atoms with Gasteiger partial charge in [-0.25, -0.2) is 0 Å². The molecule has 19 heavy (non-hydrogen) atoms. The first-order valence-corrected chi connectivity index (χ1v) is 7.69. The molecule has 2 fully saturated rings. The summed E-state index contributed by atoms with van der Waals surface area (Å²) in [4.78, 5) is 14.5. The van der Waals surface area contributed by atoms with Crippen molar-refractivity contribution in [2.45, 2.75) is 64.1 Å². The Labute approximate surface area is 116 Å². The summed E-state index contributed by atoms with van der Waals surface area (Å²) >= 11 is 0. The molecule has 3 atom stereocenters. The Morgan fingerprint density at radius 1 is 1.32 bits per heavy atom. The van der Waals surface area contributed by atoms with Crippen LogP contribution in [0.4, 0.5) is 0 Å².